The van der Waals surface area contributed by atoms with Gasteiger partial charge in [0.25, 0.3) is 0 Å². The van der Waals surface area contributed by atoms with Crippen LogP contribution < -0.4 is 0 Å². The number of para-hydroxylation sites is 1. The molecule has 4 aromatic rings. The lowest BCUT2D eigenvalue weighted by molar-refractivity contribution is 0.669. The summed E-state index contributed by atoms with van der Waals surface area (Å²) >= 11 is 6.27. The molecule has 0 unspecified atom stereocenters. The van der Waals surface area contributed by atoms with Crippen LogP contribution in [-0.4, -0.2) is 0 Å². The van der Waals surface area contributed by atoms with Gasteiger partial charge in [-0.05, 0) is 29.8 Å². The Morgan fingerprint density at radius 2 is 1.70 bits per heavy atom. The van der Waals surface area contributed by atoms with Gasteiger partial charge in [0.05, 0.1) is 1.37 Å². The first-order valence-corrected chi connectivity index (χ1v) is 6.78. The van der Waals surface area contributed by atoms with E-state index in [0.29, 0.717) is 6.04 Å². The van der Waals surface area contributed by atoms with E-state index in [1.54, 1.807) is 12.1 Å². The van der Waals surface area contributed by atoms with Crippen molar-refractivity contribution in [3.05, 3.63) is 71.7 Å². The Morgan fingerprint density at radius 1 is 0.850 bits per heavy atom. The van der Waals surface area contributed by atoms with E-state index in [1.807, 2.05) is 42.5 Å². The minimum Gasteiger partial charge on any atom is -0.456 e. The third kappa shape index (κ3) is 1.71. The molecule has 0 fully saturated rings. The zero-order valence-corrected chi connectivity index (χ0v) is 11.3. The molecule has 0 aliphatic rings. The van der Waals surface area contributed by atoms with Gasteiger partial charge in [-0.15, -0.1) is 0 Å². The Bertz CT molecular complexity index is 971. The number of fused-ring (bicyclic) bond motifs is 3. The fourth-order valence-corrected chi connectivity index (χ4v) is 2.78. The summed E-state index contributed by atoms with van der Waals surface area (Å²) in [5, 5.41) is 2.80. The van der Waals surface area contributed by atoms with E-state index in [4.69, 9.17) is 17.4 Å². The molecule has 0 radical (unpaired) electrons. The van der Waals surface area contributed by atoms with Gasteiger partial charge in [0.1, 0.15) is 11.2 Å². The SMILES string of the molecule is [2H]c1ccc2c(c1)oc1ccc(-c3ccccc3Cl)cc12. The summed E-state index contributed by atoms with van der Waals surface area (Å²) < 4.78 is 13.5. The van der Waals surface area contributed by atoms with Crippen LogP contribution in [0.1, 0.15) is 1.37 Å². The van der Waals surface area contributed by atoms with E-state index in [2.05, 4.69) is 6.07 Å². The van der Waals surface area contributed by atoms with E-state index in [-0.39, 0.29) is 0 Å². The molecule has 20 heavy (non-hydrogen) atoms. The van der Waals surface area contributed by atoms with Crippen molar-refractivity contribution in [1.29, 1.82) is 0 Å². The predicted molar refractivity (Wildman–Crippen MR) is 84.2 cm³/mol. The monoisotopic (exact) mass is 279 g/mol. The predicted octanol–water partition coefficient (Wildman–Crippen LogP) is 5.91. The maximum absolute atomic E-state index is 7.68. The summed E-state index contributed by atoms with van der Waals surface area (Å²) in [6.45, 7) is 0. The lowest BCUT2D eigenvalue weighted by Gasteiger charge is -2.04. The van der Waals surface area contributed by atoms with Crippen LogP contribution in [0.2, 0.25) is 5.02 Å². The molecule has 0 aliphatic heterocycles. The molecule has 0 atom stereocenters. The Balaban J connectivity index is 2.01. The van der Waals surface area contributed by atoms with Crippen LogP contribution in [-0.2, 0) is 0 Å². The number of rotatable bonds is 1. The second-order valence-electron chi connectivity index (χ2n) is 4.72. The number of hydrogen-bond acceptors (Lipinski definition) is 1. The highest BCUT2D eigenvalue weighted by Crippen LogP contribution is 2.34. The zero-order valence-electron chi connectivity index (χ0n) is 11.6. The molecule has 2 heteroatoms. The smallest absolute Gasteiger partial charge is 0.135 e. The van der Waals surface area contributed by atoms with E-state index in [1.165, 1.54) is 0 Å². The lowest BCUT2D eigenvalue weighted by Crippen LogP contribution is -1.78. The second kappa shape index (κ2) is 4.39. The maximum atomic E-state index is 7.68. The third-order valence-corrected chi connectivity index (χ3v) is 3.83. The summed E-state index contributed by atoms with van der Waals surface area (Å²) in [5.41, 5.74) is 3.64. The molecule has 1 aromatic heterocycles. The van der Waals surface area contributed by atoms with Crippen molar-refractivity contribution in [2.45, 2.75) is 0 Å². The third-order valence-electron chi connectivity index (χ3n) is 3.50. The number of furan rings is 1. The van der Waals surface area contributed by atoms with Gasteiger partial charge >= 0.3 is 0 Å². The van der Waals surface area contributed by atoms with Crippen LogP contribution in [0.15, 0.2) is 71.1 Å². The molecule has 0 saturated carbocycles. The van der Waals surface area contributed by atoms with Gasteiger partial charge < -0.3 is 4.42 Å². The largest absolute Gasteiger partial charge is 0.456 e. The number of benzene rings is 3. The standard InChI is InChI=1S/C18H11ClO/c19-16-7-3-1-5-13(16)12-9-10-18-15(11-12)14-6-2-4-8-17(14)20-18/h1-11H/i4D. The van der Waals surface area contributed by atoms with Crippen molar-refractivity contribution in [3.8, 4) is 11.1 Å². The minimum atomic E-state index is 0.452. The highest BCUT2D eigenvalue weighted by molar-refractivity contribution is 6.33. The maximum Gasteiger partial charge on any atom is 0.135 e. The van der Waals surface area contributed by atoms with Crippen LogP contribution >= 0.6 is 11.6 Å². The quantitative estimate of drug-likeness (QED) is 0.422. The van der Waals surface area contributed by atoms with E-state index in [9.17, 15) is 0 Å². The molecule has 0 bridgehead atoms. The van der Waals surface area contributed by atoms with Crippen LogP contribution in [0, 0.1) is 0 Å². The van der Waals surface area contributed by atoms with Gasteiger partial charge in [0.2, 0.25) is 0 Å². The lowest BCUT2D eigenvalue weighted by atomic mass is 10.0. The molecular formula is C18H11ClO. The van der Waals surface area contributed by atoms with Crippen molar-refractivity contribution in [2.75, 3.05) is 0 Å². The number of halogens is 1. The topological polar surface area (TPSA) is 13.1 Å². The first-order chi connectivity index (χ1) is 10.2. The Labute approximate surface area is 122 Å². The van der Waals surface area contributed by atoms with Crippen molar-refractivity contribution >= 4 is 33.5 Å². The van der Waals surface area contributed by atoms with E-state index < -0.39 is 0 Å². The molecule has 0 aliphatic carbocycles. The van der Waals surface area contributed by atoms with Crippen molar-refractivity contribution in [1.82, 2.24) is 0 Å². The molecule has 3 aromatic carbocycles. The van der Waals surface area contributed by atoms with Crippen LogP contribution in [0.3, 0.4) is 0 Å². The zero-order chi connectivity index (χ0) is 14.4. The summed E-state index contributed by atoms with van der Waals surface area (Å²) in [5.74, 6) is 0. The van der Waals surface area contributed by atoms with Crippen LogP contribution in [0.5, 0.6) is 0 Å². The van der Waals surface area contributed by atoms with Crippen molar-refractivity contribution < 1.29 is 5.79 Å². The average molecular weight is 280 g/mol. The highest BCUT2D eigenvalue weighted by atomic mass is 35.5. The summed E-state index contributed by atoms with van der Waals surface area (Å²) in [6.07, 6.45) is 0. The molecule has 0 N–H and O–H groups in total. The van der Waals surface area contributed by atoms with Crippen LogP contribution in [0.4, 0.5) is 0 Å². The van der Waals surface area contributed by atoms with Gasteiger partial charge in [-0.3, -0.25) is 0 Å². The fourth-order valence-electron chi connectivity index (χ4n) is 2.53. The first kappa shape index (κ1) is 10.5. The van der Waals surface area contributed by atoms with Crippen molar-refractivity contribution in [2.24, 2.45) is 0 Å². The van der Waals surface area contributed by atoms with Gasteiger partial charge in [-0.1, -0.05) is 54.0 Å². The van der Waals surface area contributed by atoms with Gasteiger partial charge in [0, 0.05) is 21.4 Å². The van der Waals surface area contributed by atoms with E-state index in [0.717, 1.165) is 38.1 Å². The summed E-state index contributed by atoms with van der Waals surface area (Å²) in [4.78, 5) is 0. The Hall–Kier alpha value is -2.25. The highest BCUT2D eigenvalue weighted by Gasteiger charge is 2.09. The number of hydrogen-bond donors (Lipinski definition) is 0. The molecule has 4 rings (SSSR count). The first-order valence-electron chi connectivity index (χ1n) is 6.90. The molecule has 0 saturated heterocycles. The van der Waals surface area contributed by atoms with Gasteiger partial charge in [0.15, 0.2) is 0 Å². The molecular weight excluding hydrogens is 268 g/mol. The summed E-state index contributed by atoms with van der Waals surface area (Å²) in [7, 11) is 0. The van der Waals surface area contributed by atoms with Crippen LogP contribution in [0.25, 0.3) is 33.1 Å². The second-order valence-corrected chi connectivity index (χ2v) is 5.12. The fraction of sp³-hybridized carbons (Fsp3) is 0. The molecule has 0 spiro atoms. The Kier molecular flexibility index (Phi) is 2.31. The molecule has 96 valence electrons. The normalized spacial score (nSPS) is 11.9. The Morgan fingerprint density at radius 3 is 2.60 bits per heavy atom. The van der Waals surface area contributed by atoms with Crippen molar-refractivity contribution in [3.63, 3.8) is 0 Å². The van der Waals surface area contributed by atoms with Gasteiger partial charge in [-0.2, -0.15) is 0 Å². The summed E-state index contributed by atoms with van der Waals surface area (Å²) in [6, 6.07) is 19.8. The van der Waals surface area contributed by atoms with E-state index >= 15 is 0 Å². The average Bonchev–Trinajstić information content (AvgIpc) is 2.84. The molecule has 1 nitrogen and oxygen atoms in total. The molecule has 0 amide bonds. The molecule has 1 heterocycles. The van der Waals surface area contributed by atoms with Gasteiger partial charge in [-0.25, -0.2) is 0 Å². The minimum absolute atomic E-state index is 0.452.